The van der Waals surface area contributed by atoms with Crippen LogP contribution in [-0.4, -0.2) is 27.5 Å². The highest BCUT2D eigenvalue weighted by Crippen LogP contribution is 2.34. The van der Waals surface area contributed by atoms with E-state index >= 15 is 0 Å². The summed E-state index contributed by atoms with van der Waals surface area (Å²) in [7, 11) is 0. The van der Waals surface area contributed by atoms with Gasteiger partial charge in [-0.15, -0.1) is 11.3 Å². The Kier molecular flexibility index (Phi) is 5.85. The molecule has 0 fully saturated rings. The summed E-state index contributed by atoms with van der Waals surface area (Å²) in [6.07, 6.45) is 4.45. The Morgan fingerprint density at radius 3 is 2.75 bits per heavy atom. The zero-order valence-corrected chi connectivity index (χ0v) is 18.1. The van der Waals surface area contributed by atoms with Crippen molar-refractivity contribution >= 4 is 33.2 Å². The maximum atomic E-state index is 13.6. The van der Waals surface area contributed by atoms with Crippen molar-refractivity contribution in [3.05, 3.63) is 61.5 Å². The number of nitrogens with zero attached hydrogens (tertiary/aromatic N) is 3. The minimum atomic E-state index is 0.103. The zero-order valence-electron chi connectivity index (χ0n) is 16.5. The summed E-state index contributed by atoms with van der Waals surface area (Å²) in [5.41, 5.74) is 2.38. The molecule has 2 aromatic heterocycles. The molecule has 0 unspecified atom stereocenters. The second-order valence-corrected chi connectivity index (χ2v) is 8.92. The van der Waals surface area contributed by atoms with Crippen molar-refractivity contribution in [1.82, 2.24) is 14.5 Å². The van der Waals surface area contributed by atoms with Gasteiger partial charge in [-0.25, -0.2) is 4.98 Å². The number of benzene rings is 1. The average molecular weight is 416 g/mol. The molecule has 28 heavy (non-hydrogen) atoms. The molecule has 2 heterocycles. The fraction of sp³-hybridized carbons (Fsp3) is 0.455. The SMILES string of the molecule is CCN(CC)Cc1nc2sc3c(c2c(=O)n1Cc1cccc(Cl)c1)CCCC3. The summed E-state index contributed by atoms with van der Waals surface area (Å²) in [4.78, 5) is 23.2. The molecule has 0 amide bonds. The zero-order chi connectivity index (χ0) is 19.7. The van der Waals surface area contributed by atoms with Crippen LogP contribution >= 0.6 is 22.9 Å². The van der Waals surface area contributed by atoms with Crippen LogP contribution in [0.15, 0.2) is 29.1 Å². The lowest BCUT2D eigenvalue weighted by Gasteiger charge is -2.20. The first-order valence-electron chi connectivity index (χ1n) is 10.1. The molecule has 0 saturated heterocycles. The highest BCUT2D eigenvalue weighted by molar-refractivity contribution is 7.18. The van der Waals surface area contributed by atoms with Gasteiger partial charge in [-0.3, -0.25) is 14.3 Å². The normalized spacial score (nSPS) is 14.0. The van der Waals surface area contributed by atoms with Crippen molar-refractivity contribution in [2.45, 2.75) is 52.6 Å². The van der Waals surface area contributed by atoms with Crippen LogP contribution in [0.25, 0.3) is 10.2 Å². The van der Waals surface area contributed by atoms with Crippen LogP contribution in [0.4, 0.5) is 0 Å². The lowest BCUT2D eigenvalue weighted by Crippen LogP contribution is -2.31. The Bertz CT molecular complexity index is 1050. The lowest BCUT2D eigenvalue weighted by atomic mass is 9.97. The van der Waals surface area contributed by atoms with E-state index in [-0.39, 0.29) is 5.56 Å². The van der Waals surface area contributed by atoms with Crippen LogP contribution in [0.1, 0.15) is 48.5 Å². The Morgan fingerprint density at radius 2 is 2.00 bits per heavy atom. The van der Waals surface area contributed by atoms with Gasteiger partial charge in [0.2, 0.25) is 0 Å². The fourth-order valence-electron chi connectivity index (χ4n) is 4.03. The second-order valence-electron chi connectivity index (χ2n) is 7.40. The molecule has 4 rings (SSSR count). The predicted molar refractivity (Wildman–Crippen MR) is 118 cm³/mol. The molecular weight excluding hydrogens is 390 g/mol. The molecule has 148 valence electrons. The highest BCUT2D eigenvalue weighted by atomic mass is 35.5. The molecular formula is C22H26ClN3OS. The number of fused-ring (bicyclic) bond motifs is 3. The van der Waals surface area contributed by atoms with Crippen LogP contribution in [-0.2, 0) is 25.9 Å². The van der Waals surface area contributed by atoms with E-state index in [1.54, 1.807) is 11.3 Å². The summed E-state index contributed by atoms with van der Waals surface area (Å²) in [5.74, 6) is 0.847. The molecule has 1 aliphatic carbocycles. The smallest absolute Gasteiger partial charge is 0.262 e. The number of halogens is 1. The van der Waals surface area contributed by atoms with Gasteiger partial charge in [0.15, 0.2) is 0 Å². The second kappa shape index (κ2) is 8.36. The third kappa shape index (κ3) is 3.76. The standard InChI is InChI=1S/C22H26ClN3OS/c1-3-25(4-2)14-19-24-21-20(17-10-5-6-11-18(17)28-21)22(27)26(19)13-15-8-7-9-16(23)12-15/h7-9,12H,3-6,10-11,13-14H2,1-2H3. The van der Waals surface area contributed by atoms with E-state index in [0.29, 0.717) is 18.1 Å². The maximum Gasteiger partial charge on any atom is 0.262 e. The summed E-state index contributed by atoms with van der Waals surface area (Å²) >= 11 is 7.91. The largest absolute Gasteiger partial charge is 0.297 e. The monoisotopic (exact) mass is 415 g/mol. The first-order chi connectivity index (χ1) is 13.6. The van der Waals surface area contributed by atoms with E-state index in [9.17, 15) is 4.79 Å². The first-order valence-corrected chi connectivity index (χ1v) is 11.3. The Hall–Kier alpha value is -1.69. The number of thiophene rings is 1. The minimum Gasteiger partial charge on any atom is -0.297 e. The predicted octanol–water partition coefficient (Wildman–Crippen LogP) is 4.88. The Labute approximate surface area is 174 Å². The van der Waals surface area contributed by atoms with Gasteiger partial charge in [-0.2, -0.15) is 0 Å². The first kappa shape index (κ1) is 19.6. The van der Waals surface area contributed by atoms with Gasteiger partial charge in [-0.05, 0) is 62.0 Å². The van der Waals surface area contributed by atoms with E-state index in [1.165, 1.54) is 16.9 Å². The van der Waals surface area contributed by atoms with Crippen molar-refractivity contribution in [1.29, 1.82) is 0 Å². The lowest BCUT2D eigenvalue weighted by molar-refractivity contribution is 0.282. The molecule has 3 aromatic rings. The quantitative estimate of drug-likeness (QED) is 0.575. The summed E-state index contributed by atoms with van der Waals surface area (Å²) in [6.45, 7) is 7.34. The van der Waals surface area contributed by atoms with Crippen molar-refractivity contribution < 1.29 is 0 Å². The Morgan fingerprint density at radius 1 is 1.21 bits per heavy atom. The van der Waals surface area contributed by atoms with Gasteiger partial charge in [-0.1, -0.05) is 37.6 Å². The number of hydrogen-bond acceptors (Lipinski definition) is 4. The highest BCUT2D eigenvalue weighted by Gasteiger charge is 2.22. The van der Waals surface area contributed by atoms with Crippen LogP contribution in [0, 0.1) is 0 Å². The molecule has 0 bridgehead atoms. The molecule has 1 aromatic carbocycles. The molecule has 0 atom stereocenters. The van der Waals surface area contributed by atoms with Gasteiger partial charge in [0.1, 0.15) is 10.7 Å². The third-order valence-electron chi connectivity index (χ3n) is 5.64. The number of rotatable bonds is 6. The molecule has 6 heteroatoms. The molecule has 0 spiro atoms. The molecule has 0 saturated carbocycles. The van der Waals surface area contributed by atoms with Crippen molar-refractivity contribution in [2.75, 3.05) is 13.1 Å². The average Bonchev–Trinajstić information content (AvgIpc) is 3.07. The fourth-order valence-corrected chi connectivity index (χ4v) is 5.51. The van der Waals surface area contributed by atoms with Crippen molar-refractivity contribution in [3.8, 4) is 0 Å². The number of aryl methyl sites for hydroxylation is 2. The van der Waals surface area contributed by atoms with Crippen LogP contribution < -0.4 is 5.56 Å². The van der Waals surface area contributed by atoms with Crippen LogP contribution in [0.5, 0.6) is 0 Å². The summed E-state index contributed by atoms with van der Waals surface area (Å²) < 4.78 is 1.87. The summed E-state index contributed by atoms with van der Waals surface area (Å²) in [6, 6.07) is 7.75. The van der Waals surface area contributed by atoms with Gasteiger partial charge in [0.25, 0.3) is 5.56 Å². The molecule has 4 nitrogen and oxygen atoms in total. The van der Waals surface area contributed by atoms with Crippen LogP contribution in [0.2, 0.25) is 5.02 Å². The summed E-state index contributed by atoms with van der Waals surface area (Å²) in [5, 5.41) is 1.54. The minimum absolute atomic E-state index is 0.103. The van der Waals surface area contributed by atoms with Crippen molar-refractivity contribution in [2.24, 2.45) is 0 Å². The van der Waals surface area contributed by atoms with Gasteiger partial charge >= 0.3 is 0 Å². The van der Waals surface area contributed by atoms with E-state index in [2.05, 4.69) is 18.7 Å². The van der Waals surface area contributed by atoms with Gasteiger partial charge in [0, 0.05) is 9.90 Å². The topological polar surface area (TPSA) is 38.1 Å². The number of aromatic nitrogens is 2. The van der Waals surface area contributed by atoms with E-state index in [4.69, 9.17) is 16.6 Å². The molecule has 1 aliphatic rings. The van der Waals surface area contributed by atoms with Gasteiger partial charge in [0.05, 0.1) is 18.5 Å². The third-order valence-corrected chi connectivity index (χ3v) is 7.06. The van der Waals surface area contributed by atoms with E-state index < -0.39 is 0 Å². The molecule has 0 N–H and O–H groups in total. The van der Waals surface area contributed by atoms with Gasteiger partial charge < -0.3 is 0 Å². The molecule has 0 aliphatic heterocycles. The van der Waals surface area contributed by atoms with Crippen LogP contribution in [0.3, 0.4) is 0 Å². The van der Waals surface area contributed by atoms with E-state index in [1.807, 2.05) is 28.8 Å². The molecule has 0 radical (unpaired) electrons. The van der Waals surface area contributed by atoms with E-state index in [0.717, 1.165) is 54.0 Å². The maximum absolute atomic E-state index is 13.6. The Balaban J connectivity index is 1.87. The van der Waals surface area contributed by atoms with Crippen molar-refractivity contribution in [3.63, 3.8) is 0 Å². The number of hydrogen-bond donors (Lipinski definition) is 0.